The van der Waals surface area contributed by atoms with E-state index in [-0.39, 0.29) is 29.9 Å². The van der Waals surface area contributed by atoms with E-state index in [4.69, 9.17) is 0 Å². The molecule has 0 radical (unpaired) electrons. The number of unbranched alkanes of at least 4 members (excludes halogenated alkanes) is 2. The van der Waals surface area contributed by atoms with Crippen molar-refractivity contribution in [2.24, 2.45) is 10.9 Å². The van der Waals surface area contributed by atoms with Crippen LogP contribution < -0.4 is 10.6 Å². The summed E-state index contributed by atoms with van der Waals surface area (Å²) < 4.78 is 0. The number of carbonyl (C=O) groups is 3. The second-order valence-corrected chi connectivity index (χ2v) is 7.42. The third-order valence-corrected chi connectivity index (χ3v) is 5.35. The minimum absolute atomic E-state index is 0.0684. The monoisotopic (exact) mass is 364 g/mol. The summed E-state index contributed by atoms with van der Waals surface area (Å²) in [5, 5.41) is 5.64. The highest BCUT2D eigenvalue weighted by Gasteiger charge is 2.33. The Hall–Kier alpha value is -1.92. The molecule has 0 aromatic carbocycles. The van der Waals surface area contributed by atoms with Crippen molar-refractivity contribution in [1.29, 1.82) is 0 Å². The minimum Gasteiger partial charge on any atom is -0.356 e. The molecule has 2 aliphatic heterocycles. The van der Waals surface area contributed by atoms with E-state index in [1.165, 1.54) is 0 Å². The highest BCUT2D eigenvalue weighted by atomic mass is 16.2. The van der Waals surface area contributed by atoms with Gasteiger partial charge >= 0.3 is 0 Å². The van der Waals surface area contributed by atoms with Gasteiger partial charge in [0.1, 0.15) is 12.2 Å². The van der Waals surface area contributed by atoms with Crippen LogP contribution in [0.3, 0.4) is 0 Å². The molecular formula is C19H32N4O3. The summed E-state index contributed by atoms with van der Waals surface area (Å²) in [4.78, 5) is 41.6. The molecule has 0 aromatic heterocycles. The van der Waals surface area contributed by atoms with Crippen LogP contribution in [-0.2, 0) is 14.4 Å². The van der Waals surface area contributed by atoms with Gasteiger partial charge in [0.25, 0.3) is 0 Å². The van der Waals surface area contributed by atoms with Crippen molar-refractivity contribution in [2.75, 3.05) is 13.1 Å². The summed E-state index contributed by atoms with van der Waals surface area (Å²) in [7, 11) is 0. The zero-order valence-corrected chi connectivity index (χ0v) is 15.8. The molecule has 0 aliphatic carbocycles. The van der Waals surface area contributed by atoms with Crippen LogP contribution in [0.2, 0.25) is 0 Å². The lowest BCUT2D eigenvalue weighted by atomic mass is 9.91. The third-order valence-electron chi connectivity index (χ3n) is 5.35. The first kappa shape index (κ1) is 20.4. The Morgan fingerprint density at radius 3 is 2.88 bits per heavy atom. The Labute approximate surface area is 156 Å². The van der Waals surface area contributed by atoms with Crippen molar-refractivity contribution in [1.82, 2.24) is 15.5 Å². The highest BCUT2D eigenvalue weighted by Crippen LogP contribution is 2.22. The number of piperidine rings is 1. The maximum Gasteiger partial charge on any atom is 0.244 e. The predicted octanol–water partition coefficient (Wildman–Crippen LogP) is 1.62. The molecule has 2 aliphatic rings. The molecule has 0 bridgehead atoms. The molecule has 2 N–H and O–H groups in total. The normalized spacial score (nSPS) is 24.0. The van der Waals surface area contributed by atoms with Gasteiger partial charge in [0.2, 0.25) is 17.7 Å². The zero-order chi connectivity index (χ0) is 18.9. The molecule has 0 saturated carbocycles. The molecule has 0 spiro atoms. The van der Waals surface area contributed by atoms with E-state index >= 15 is 0 Å². The van der Waals surface area contributed by atoms with Crippen LogP contribution in [0.15, 0.2) is 4.99 Å². The van der Waals surface area contributed by atoms with Crippen LogP contribution in [0.4, 0.5) is 0 Å². The molecule has 146 valence electrons. The maximum atomic E-state index is 12.5. The van der Waals surface area contributed by atoms with Crippen LogP contribution in [-0.4, -0.2) is 54.6 Å². The zero-order valence-electron chi connectivity index (χ0n) is 15.8. The molecular weight excluding hydrogens is 332 g/mol. The van der Waals surface area contributed by atoms with Gasteiger partial charge < -0.3 is 15.5 Å². The van der Waals surface area contributed by atoms with E-state index < -0.39 is 0 Å². The molecule has 2 saturated heterocycles. The average Bonchev–Trinajstić information content (AvgIpc) is 3.11. The summed E-state index contributed by atoms with van der Waals surface area (Å²) in [5.74, 6) is 0.590. The second kappa shape index (κ2) is 10.3. The van der Waals surface area contributed by atoms with Gasteiger partial charge in [-0.3, -0.25) is 19.4 Å². The van der Waals surface area contributed by atoms with Gasteiger partial charge in [0, 0.05) is 25.9 Å². The quantitative estimate of drug-likeness (QED) is 0.481. The Morgan fingerprint density at radius 2 is 2.15 bits per heavy atom. The minimum atomic E-state index is -0.368. The fourth-order valence-electron chi connectivity index (χ4n) is 3.81. The second-order valence-electron chi connectivity index (χ2n) is 7.42. The summed E-state index contributed by atoms with van der Waals surface area (Å²) in [6.07, 6.45) is 7.38. The van der Waals surface area contributed by atoms with Crippen LogP contribution in [0.25, 0.3) is 0 Å². The van der Waals surface area contributed by atoms with Gasteiger partial charge in [0.15, 0.2) is 0 Å². The number of carbonyl (C=O) groups excluding carboxylic acids is 3. The smallest absolute Gasteiger partial charge is 0.244 e. The van der Waals surface area contributed by atoms with E-state index in [1.54, 1.807) is 11.8 Å². The van der Waals surface area contributed by atoms with Gasteiger partial charge in [-0.2, -0.15) is 0 Å². The van der Waals surface area contributed by atoms with Crippen LogP contribution >= 0.6 is 0 Å². The Balaban J connectivity index is 1.65. The van der Waals surface area contributed by atoms with E-state index in [0.717, 1.165) is 45.1 Å². The number of nitrogens with one attached hydrogen (secondary N) is 2. The number of hydrogen-bond donors (Lipinski definition) is 2. The molecule has 2 fully saturated rings. The lowest BCUT2D eigenvalue weighted by molar-refractivity contribution is -0.138. The summed E-state index contributed by atoms with van der Waals surface area (Å²) in [6, 6.07) is -0.368. The fraction of sp³-hybridized carbons (Fsp3) is 0.789. The maximum absolute atomic E-state index is 12.5. The van der Waals surface area contributed by atoms with Crippen molar-refractivity contribution in [2.45, 2.75) is 76.9 Å². The van der Waals surface area contributed by atoms with Gasteiger partial charge in [-0.15, -0.1) is 0 Å². The van der Waals surface area contributed by atoms with E-state index in [2.05, 4.69) is 22.3 Å². The molecule has 7 nitrogen and oxygen atoms in total. The first-order chi connectivity index (χ1) is 12.5. The average molecular weight is 364 g/mol. The topological polar surface area (TPSA) is 90.9 Å². The number of likely N-dealkylation sites (tertiary alicyclic amines) is 1. The van der Waals surface area contributed by atoms with Crippen LogP contribution in [0.1, 0.15) is 64.7 Å². The van der Waals surface area contributed by atoms with Gasteiger partial charge in [-0.25, -0.2) is 0 Å². The highest BCUT2D eigenvalue weighted by molar-refractivity contribution is 5.88. The van der Waals surface area contributed by atoms with Gasteiger partial charge in [-0.05, 0) is 51.7 Å². The van der Waals surface area contributed by atoms with Crippen molar-refractivity contribution in [3.8, 4) is 0 Å². The molecule has 2 rings (SSSR count). The molecule has 1 unspecified atom stereocenters. The predicted molar refractivity (Wildman–Crippen MR) is 101 cm³/mol. The number of nitrogens with zero attached hydrogens (tertiary/aromatic N) is 2. The van der Waals surface area contributed by atoms with Gasteiger partial charge in [0.05, 0.1) is 0 Å². The first-order valence-electron chi connectivity index (χ1n) is 9.83. The number of amides is 3. The van der Waals surface area contributed by atoms with Crippen molar-refractivity contribution in [3.05, 3.63) is 0 Å². The SMILES string of the molecule is C=N[C@H](C)NC(=O)C1CCCN1C(=O)CCCCC[C@H]1CCNC(=O)C1. The Morgan fingerprint density at radius 1 is 1.35 bits per heavy atom. The number of aliphatic imine (C=N–C) groups is 1. The molecule has 0 aromatic rings. The van der Waals surface area contributed by atoms with Crippen LogP contribution in [0.5, 0.6) is 0 Å². The van der Waals surface area contributed by atoms with Crippen molar-refractivity contribution in [3.63, 3.8) is 0 Å². The van der Waals surface area contributed by atoms with Gasteiger partial charge in [-0.1, -0.05) is 12.8 Å². The molecule has 2 heterocycles. The Bertz CT molecular complexity index is 523. The summed E-state index contributed by atoms with van der Waals surface area (Å²) in [6.45, 7) is 6.64. The lowest BCUT2D eigenvalue weighted by Gasteiger charge is -2.25. The summed E-state index contributed by atoms with van der Waals surface area (Å²) in [5.41, 5.74) is 0. The van der Waals surface area contributed by atoms with Crippen molar-refractivity contribution < 1.29 is 14.4 Å². The summed E-state index contributed by atoms with van der Waals surface area (Å²) >= 11 is 0. The van der Waals surface area contributed by atoms with Crippen LogP contribution in [0, 0.1) is 5.92 Å². The number of rotatable bonds is 9. The molecule has 3 atom stereocenters. The first-order valence-corrected chi connectivity index (χ1v) is 9.83. The molecule has 7 heteroatoms. The lowest BCUT2D eigenvalue weighted by Crippen LogP contribution is -2.47. The third kappa shape index (κ3) is 6.11. The molecule has 26 heavy (non-hydrogen) atoms. The van der Waals surface area contributed by atoms with E-state index in [0.29, 0.717) is 31.7 Å². The number of hydrogen-bond acceptors (Lipinski definition) is 4. The fourth-order valence-corrected chi connectivity index (χ4v) is 3.81. The van der Waals surface area contributed by atoms with Crippen molar-refractivity contribution >= 4 is 24.4 Å². The molecule has 3 amide bonds. The van der Waals surface area contributed by atoms with E-state index in [9.17, 15) is 14.4 Å². The largest absolute Gasteiger partial charge is 0.356 e. The Kier molecular flexibility index (Phi) is 8.06. The van der Waals surface area contributed by atoms with E-state index in [1.807, 2.05) is 0 Å². The standard InChI is InChI=1S/C19H32N4O3/c1-14(20-2)22-19(26)16-8-6-12-23(16)18(25)9-5-3-4-7-15-10-11-21-17(24)13-15/h14-16H,2-13H2,1H3,(H,21,24)(H,22,26)/t14-,15-,16?/m0/s1.